The fourth-order valence-corrected chi connectivity index (χ4v) is 2.46. The van der Waals surface area contributed by atoms with Gasteiger partial charge in [0.05, 0.1) is 11.4 Å². The van der Waals surface area contributed by atoms with Crippen molar-refractivity contribution in [1.29, 1.82) is 0 Å². The Morgan fingerprint density at radius 1 is 1.39 bits per heavy atom. The van der Waals surface area contributed by atoms with Crippen LogP contribution in [0.15, 0.2) is 18.2 Å². The Balaban J connectivity index is 1.81. The van der Waals surface area contributed by atoms with Crippen LogP contribution in [0.25, 0.3) is 0 Å². The highest BCUT2D eigenvalue weighted by Crippen LogP contribution is 2.22. The normalized spacial score (nSPS) is 17.9. The van der Waals surface area contributed by atoms with Crippen LogP contribution in [0.5, 0.6) is 0 Å². The molecule has 4 heteroatoms. The lowest BCUT2D eigenvalue weighted by Gasteiger charge is -2.31. The summed E-state index contributed by atoms with van der Waals surface area (Å²) in [5.41, 5.74) is 7.10. The van der Waals surface area contributed by atoms with E-state index < -0.39 is 0 Å². The maximum atomic E-state index is 12.9. The van der Waals surface area contributed by atoms with E-state index in [2.05, 4.69) is 17.1 Å². The number of hydrogen-bond acceptors (Lipinski definition) is 3. The van der Waals surface area contributed by atoms with Gasteiger partial charge >= 0.3 is 0 Å². The summed E-state index contributed by atoms with van der Waals surface area (Å²) in [4.78, 5) is 2.47. The van der Waals surface area contributed by atoms with E-state index in [1.165, 1.54) is 38.1 Å². The summed E-state index contributed by atoms with van der Waals surface area (Å²) < 4.78 is 12.9. The first-order chi connectivity index (χ1) is 8.69. The van der Waals surface area contributed by atoms with Gasteiger partial charge in [0.15, 0.2) is 0 Å². The van der Waals surface area contributed by atoms with Crippen molar-refractivity contribution >= 4 is 11.4 Å². The average Bonchev–Trinajstić information content (AvgIpc) is 2.38. The van der Waals surface area contributed by atoms with Crippen molar-refractivity contribution in [2.75, 3.05) is 37.2 Å². The van der Waals surface area contributed by atoms with Crippen LogP contribution in [0.2, 0.25) is 0 Å². The molecule has 0 spiro atoms. The molecule has 3 N–H and O–H groups in total. The number of hydrogen-bond donors (Lipinski definition) is 2. The molecule has 0 aromatic heterocycles. The van der Waals surface area contributed by atoms with Gasteiger partial charge in [-0.2, -0.15) is 0 Å². The van der Waals surface area contributed by atoms with Crippen LogP contribution < -0.4 is 11.1 Å². The lowest BCUT2D eigenvalue weighted by Crippen LogP contribution is -2.35. The zero-order chi connectivity index (χ0) is 13.0. The minimum atomic E-state index is -0.283. The second-order valence-electron chi connectivity index (χ2n) is 4.99. The zero-order valence-corrected chi connectivity index (χ0v) is 11.0. The highest BCUT2D eigenvalue weighted by atomic mass is 19.1. The monoisotopic (exact) mass is 251 g/mol. The second-order valence-corrected chi connectivity index (χ2v) is 4.99. The molecule has 0 atom stereocenters. The number of nitrogens with two attached hydrogens (primary N) is 1. The lowest BCUT2D eigenvalue weighted by atomic mass is 9.97. The first-order valence-corrected chi connectivity index (χ1v) is 6.70. The Morgan fingerprint density at radius 3 is 2.72 bits per heavy atom. The minimum absolute atomic E-state index is 0.283. The van der Waals surface area contributed by atoms with Crippen molar-refractivity contribution in [3.05, 3.63) is 24.0 Å². The standard InChI is InChI=1S/C14H22FN3/c1-2-18-7-5-11(6-8-18)10-17-14-4-3-12(15)9-13(14)16/h3-4,9,11,17H,2,5-8,10,16H2,1H3. The molecular weight excluding hydrogens is 229 g/mol. The third-order valence-electron chi connectivity index (χ3n) is 3.75. The number of anilines is 2. The molecular formula is C14H22FN3. The Bertz CT molecular complexity index is 387. The molecule has 100 valence electrons. The first kappa shape index (κ1) is 13.1. The summed E-state index contributed by atoms with van der Waals surface area (Å²) in [5.74, 6) is 0.409. The van der Waals surface area contributed by atoms with E-state index in [1.54, 1.807) is 6.07 Å². The number of piperidine rings is 1. The summed E-state index contributed by atoms with van der Waals surface area (Å²) in [6, 6.07) is 4.52. The van der Waals surface area contributed by atoms with Crippen molar-refractivity contribution in [3.8, 4) is 0 Å². The van der Waals surface area contributed by atoms with Crippen molar-refractivity contribution in [3.63, 3.8) is 0 Å². The number of nitrogen functional groups attached to an aromatic ring is 1. The van der Waals surface area contributed by atoms with E-state index in [4.69, 9.17) is 5.73 Å². The van der Waals surface area contributed by atoms with Gasteiger partial charge in [-0.1, -0.05) is 6.92 Å². The summed E-state index contributed by atoms with van der Waals surface area (Å²) in [6.07, 6.45) is 2.45. The molecule has 0 radical (unpaired) electrons. The molecule has 1 saturated heterocycles. The van der Waals surface area contributed by atoms with Gasteiger partial charge in [-0.15, -0.1) is 0 Å². The van der Waals surface area contributed by atoms with Gasteiger partial charge in [-0.05, 0) is 56.6 Å². The number of nitrogens with one attached hydrogen (secondary N) is 1. The third kappa shape index (κ3) is 3.35. The summed E-state index contributed by atoms with van der Waals surface area (Å²) in [5, 5.41) is 3.33. The number of benzene rings is 1. The molecule has 0 saturated carbocycles. The van der Waals surface area contributed by atoms with Crippen molar-refractivity contribution in [2.24, 2.45) is 5.92 Å². The van der Waals surface area contributed by atoms with Gasteiger partial charge in [-0.3, -0.25) is 0 Å². The van der Waals surface area contributed by atoms with E-state index in [0.717, 1.165) is 18.8 Å². The van der Waals surface area contributed by atoms with E-state index in [-0.39, 0.29) is 5.82 Å². The Hall–Kier alpha value is -1.29. The molecule has 1 heterocycles. The molecule has 1 aliphatic rings. The van der Waals surface area contributed by atoms with Crippen molar-refractivity contribution in [2.45, 2.75) is 19.8 Å². The topological polar surface area (TPSA) is 41.3 Å². The maximum Gasteiger partial charge on any atom is 0.125 e. The van der Waals surface area contributed by atoms with Crippen LogP contribution in [0.4, 0.5) is 15.8 Å². The molecule has 3 nitrogen and oxygen atoms in total. The van der Waals surface area contributed by atoms with Crippen LogP contribution in [-0.4, -0.2) is 31.1 Å². The van der Waals surface area contributed by atoms with Gasteiger partial charge in [0, 0.05) is 6.54 Å². The van der Waals surface area contributed by atoms with E-state index >= 15 is 0 Å². The van der Waals surface area contributed by atoms with Gasteiger partial charge in [0.25, 0.3) is 0 Å². The molecule has 0 amide bonds. The van der Waals surface area contributed by atoms with E-state index in [1.807, 2.05) is 0 Å². The highest BCUT2D eigenvalue weighted by Gasteiger charge is 2.17. The number of rotatable bonds is 4. The lowest BCUT2D eigenvalue weighted by molar-refractivity contribution is 0.198. The molecule has 0 bridgehead atoms. The average molecular weight is 251 g/mol. The van der Waals surface area contributed by atoms with Crippen LogP contribution in [0, 0.1) is 11.7 Å². The molecule has 1 aliphatic heterocycles. The molecule has 1 fully saturated rings. The number of likely N-dealkylation sites (tertiary alicyclic amines) is 1. The van der Waals surface area contributed by atoms with Crippen LogP contribution >= 0.6 is 0 Å². The van der Waals surface area contributed by atoms with Crippen LogP contribution in [-0.2, 0) is 0 Å². The smallest absolute Gasteiger partial charge is 0.125 e. The highest BCUT2D eigenvalue weighted by molar-refractivity contribution is 5.65. The Labute approximate surface area is 108 Å². The summed E-state index contributed by atoms with van der Waals surface area (Å²) in [7, 11) is 0. The van der Waals surface area contributed by atoms with E-state index in [0.29, 0.717) is 11.6 Å². The molecule has 0 aliphatic carbocycles. The second kappa shape index (κ2) is 6.05. The zero-order valence-electron chi connectivity index (χ0n) is 11.0. The van der Waals surface area contributed by atoms with Crippen LogP contribution in [0.1, 0.15) is 19.8 Å². The molecule has 2 rings (SSSR count). The van der Waals surface area contributed by atoms with Crippen molar-refractivity contribution < 1.29 is 4.39 Å². The largest absolute Gasteiger partial charge is 0.397 e. The van der Waals surface area contributed by atoms with Gasteiger partial charge in [0.1, 0.15) is 5.82 Å². The molecule has 0 unspecified atom stereocenters. The van der Waals surface area contributed by atoms with E-state index in [9.17, 15) is 4.39 Å². The Kier molecular flexibility index (Phi) is 4.42. The number of halogens is 1. The van der Waals surface area contributed by atoms with Gasteiger partial charge in [-0.25, -0.2) is 4.39 Å². The quantitative estimate of drug-likeness (QED) is 0.808. The molecule has 1 aromatic rings. The summed E-state index contributed by atoms with van der Waals surface area (Å²) in [6.45, 7) is 6.64. The third-order valence-corrected chi connectivity index (χ3v) is 3.75. The predicted octanol–water partition coefficient (Wildman–Crippen LogP) is 2.55. The predicted molar refractivity (Wildman–Crippen MR) is 74.1 cm³/mol. The summed E-state index contributed by atoms with van der Waals surface area (Å²) >= 11 is 0. The Morgan fingerprint density at radius 2 is 2.11 bits per heavy atom. The molecule has 18 heavy (non-hydrogen) atoms. The first-order valence-electron chi connectivity index (χ1n) is 6.70. The van der Waals surface area contributed by atoms with Gasteiger partial charge in [0.2, 0.25) is 0 Å². The van der Waals surface area contributed by atoms with Crippen molar-refractivity contribution in [1.82, 2.24) is 4.90 Å². The minimum Gasteiger partial charge on any atom is -0.397 e. The van der Waals surface area contributed by atoms with Gasteiger partial charge < -0.3 is 16.0 Å². The number of nitrogens with zero attached hydrogens (tertiary/aromatic N) is 1. The fraction of sp³-hybridized carbons (Fsp3) is 0.571. The van der Waals surface area contributed by atoms with Crippen LogP contribution in [0.3, 0.4) is 0 Å². The molecule has 1 aromatic carbocycles. The maximum absolute atomic E-state index is 12.9. The SMILES string of the molecule is CCN1CCC(CNc2ccc(F)cc2N)CC1. The fourth-order valence-electron chi connectivity index (χ4n) is 2.46.